The number of hydrogen-bond donors (Lipinski definition) is 2. The number of allylic oxidation sites excluding steroid dienone is 2. The molecule has 1 aliphatic rings. The smallest absolute Gasteiger partial charge is 0.336 e. The number of aromatic nitrogens is 2. The van der Waals surface area contributed by atoms with Gasteiger partial charge in [0.05, 0.1) is 30.3 Å². The van der Waals surface area contributed by atoms with Crippen LogP contribution < -0.4 is 5.32 Å². The van der Waals surface area contributed by atoms with Gasteiger partial charge in [-0.2, -0.15) is 0 Å². The van der Waals surface area contributed by atoms with Gasteiger partial charge in [0, 0.05) is 17.8 Å². The van der Waals surface area contributed by atoms with Crippen molar-refractivity contribution in [2.45, 2.75) is 33.1 Å². The van der Waals surface area contributed by atoms with Gasteiger partial charge in [0.25, 0.3) is 0 Å². The molecule has 0 radical (unpaired) electrons. The van der Waals surface area contributed by atoms with Crippen molar-refractivity contribution in [3.8, 4) is 0 Å². The molecule has 0 fully saturated rings. The third kappa shape index (κ3) is 5.11. The van der Waals surface area contributed by atoms with E-state index in [2.05, 4.69) is 15.3 Å². The number of ether oxygens (including phenoxy) is 2. The number of H-pyrrole nitrogens is 1. The molecule has 7 nitrogen and oxygen atoms in total. The van der Waals surface area contributed by atoms with Gasteiger partial charge in [0.2, 0.25) is 0 Å². The average Bonchev–Trinajstić information content (AvgIpc) is 3.06. The molecule has 1 unspecified atom stereocenters. The van der Waals surface area contributed by atoms with Crippen LogP contribution in [0.15, 0.2) is 52.9 Å². The van der Waals surface area contributed by atoms with Gasteiger partial charge in [-0.15, -0.1) is 0 Å². The number of esters is 2. The van der Waals surface area contributed by atoms with Crippen molar-refractivity contribution in [1.82, 2.24) is 15.3 Å². The zero-order valence-corrected chi connectivity index (χ0v) is 18.9. The summed E-state index contributed by atoms with van der Waals surface area (Å²) in [7, 11) is 0. The van der Waals surface area contributed by atoms with E-state index in [1.165, 1.54) is 0 Å². The van der Waals surface area contributed by atoms with Crippen molar-refractivity contribution >= 4 is 35.1 Å². The number of imidazole rings is 1. The second kappa shape index (κ2) is 10.0. The quantitative estimate of drug-likeness (QED) is 0.594. The molecule has 1 aromatic heterocycles. The Kier molecular flexibility index (Phi) is 7.41. The first-order chi connectivity index (χ1) is 14.8. The number of nitrogens with zero attached hydrogens (tertiary/aromatic N) is 1. The lowest BCUT2D eigenvalue weighted by atomic mass is 9.85. The summed E-state index contributed by atoms with van der Waals surface area (Å²) in [6, 6.07) is 9.69. The highest BCUT2D eigenvalue weighted by atomic mass is 35.5. The Morgan fingerprint density at radius 3 is 2.19 bits per heavy atom. The second-order valence-electron chi connectivity index (χ2n) is 6.95. The van der Waals surface area contributed by atoms with Gasteiger partial charge in [-0.25, -0.2) is 14.6 Å². The van der Waals surface area contributed by atoms with Crippen molar-refractivity contribution in [3.05, 3.63) is 74.6 Å². The number of rotatable bonds is 7. The van der Waals surface area contributed by atoms with Crippen LogP contribution in [0.1, 0.15) is 38.1 Å². The molecule has 2 aromatic rings. The maximum atomic E-state index is 13.1. The van der Waals surface area contributed by atoms with Crippen LogP contribution >= 0.6 is 23.2 Å². The van der Waals surface area contributed by atoms with E-state index < -0.39 is 17.9 Å². The average molecular weight is 464 g/mol. The fraction of sp³-hybridized carbons (Fsp3) is 0.318. The molecule has 0 spiro atoms. The van der Waals surface area contributed by atoms with Crippen LogP contribution in [0.2, 0.25) is 10.3 Å². The third-order valence-electron chi connectivity index (χ3n) is 4.85. The minimum Gasteiger partial charge on any atom is -0.463 e. The molecule has 0 saturated heterocycles. The van der Waals surface area contributed by atoms with E-state index in [4.69, 9.17) is 32.7 Å². The predicted molar refractivity (Wildman–Crippen MR) is 118 cm³/mol. The summed E-state index contributed by atoms with van der Waals surface area (Å²) in [5.41, 5.74) is 2.62. The highest BCUT2D eigenvalue weighted by Crippen LogP contribution is 2.39. The van der Waals surface area contributed by atoms with Crippen LogP contribution in [0, 0.1) is 0 Å². The zero-order chi connectivity index (χ0) is 22.5. The molecule has 0 bridgehead atoms. The van der Waals surface area contributed by atoms with E-state index >= 15 is 0 Å². The molecular weight excluding hydrogens is 441 g/mol. The molecular formula is C22H23Cl2N3O4. The van der Waals surface area contributed by atoms with Crippen molar-refractivity contribution in [3.63, 3.8) is 0 Å². The number of halogens is 2. The molecule has 1 aromatic carbocycles. The van der Waals surface area contributed by atoms with E-state index in [-0.39, 0.29) is 40.5 Å². The maximum absolute atomic E-state index is 13.1. The highest BCUT2D eigenvalue weighted by Gasteiger charge is 2.40. The zero-order valence-electron chi connectivity index (χ0n) is 17.4. The number of dihydropyridines is 1. The number of benzene rings is 1. The Morgan fingerprint density at radius 2 is 1.65 bits per heavy atom. The van der Waals surface area contributed by atoms with Crippen LogP contribution in [-0.2, 0) is 25.5 Å². The van der Waals surface area contributed by atoms with Gasteiger partial charge in [-0.1, -0.05) is 53.5 Å². The lowest BCUT2D eigenvalue weighted by Crippen LogP contribution is -2.33. The largest absolute Gasteiger partial charge is 0.463 e. The van der Waals surface area contributed by atoms with Crippen LogP contribution in [-0.4, -0.2) is 35.1 Å². The summed E-state index contributed by atoms with van der Waals surface area (Å²) in [6.07, 6.45) is 0.564. The van der Waals surface area contributed by atoms with Crippen LogP contribution in [0.25, 0.3) is 0 Å². The molecule has 0 amide bonds. The lowest BCUT2D eigenvalue weighted by Gasteiger charge is -2.29. The van der Waals surface area contributed by atoms with E-state index in [1.807, 2.05) is 30.3 Å². The van der Waals surface area contributed by atoms with E-state index in [0.29, 0.717) is 17.8 Å². The Balaban J connectivity index is 1.92. The first-order valence-electron chi connectivity index (χ1n) is 9.81. The minimum absolute atomic E-state index is 0.0468. The van der Waals surface area contributed by atoms with Crippen LogP contribution in [0.3, 0.4) is 0 Å². The summed E-state index contributed by atoms with van der Waals surface area (Å²) >= 11 is 12.1. The summed E-state index contributed by atoms with van der Waals surface area (Å²) in [6.45, 7) is 5.54. The molecule has 1 atom stereocenters. The molecule has 0 aliphatic carbocycles. The minimum atomic E-state index is -0.866. The van der Waals surface area contributed by atoms with Crippen molar-refractivity contribution in [2.24, 2.45) is 0 Å². The molecule has 164 valence electrons. The summed E-state index contributed by atoms with van der Waals surface area (Å²) < 4.78 is 10.8. The van der Waals surface area contributed by atoms with Crippen molar-refractivity contribution in [2.75, 3.05) is 13.2 Å². The van der Waals surface area contributed by atoms with Crippen LogP contribution in [0.5, 0.6) is 0 Å². The van der Waals surface area contributed by atoms with Crippen molar-refractivity contribution < 1.29 is 19.1 Å². The number of carbonyl (C=O) groups is 2. The summed E-state index contributed by atoms with van der Waals surface area (Å²) in [5, 5.41) is 3.24. The molecule has 2 N–H and O–H groups in total. The fourth-order valence-corrected chi connectivity index (χ4v) is 3.76. The Bertz CT molecular complexity index is 1020. The molecule has 2 heterocycles. The number of aromatic amines is 1. The fourth-order valence-electron chi connectivity index (χ4n) is 3.48. The maximum Gasteiger partial charge on any atom is 0.336 e. The molecule has 3 rings (SSSR count). The molecule has 31 heavy (non-hydrogen) atoms. The van der Waals surface area contributed by atoms with Gasteiger partial charge in [-0.3, -0.25) is 0 Å². The number of nitrogens with one attached hydrogen (secondary N) is 2. The van der Waals surface area contributed by atoms with Gasteiger partial charge >= 0.3 is 11.9 Å². The Labute approximate surface area is 190 Å². The van der Waals surface area contributed by atoms with Gasteiger partial charge < -0.3 is 19.8 Å². The summed E-state index contributed by atoms with van der Waals surface area (Å²) in [4.78, 5) is 32.9. The van der Waals surface area contributed by atoms with E-state index in [9.17, 15) is 9.59 Å². The number of carbonyl (C=O) groups excluding carboxylic acids is 2. The van der Waals surface area contributed by atoms with E-state index in [1.54, 1.807) is 20.8 Å². The number of hydrogen-bond acceptors (Lipinski definition) is 6. The normalized spacial score (nSPS) is 16.2. The van der Waals surface area contributed by atoms with Gasteiger partial charge in [0.1, 0.15) is 11.0 Å². The third-order valence-corrected chi connectivity index (χ3v) is 5.50. The Hall–Kier alpha value is -2.77. The lowest BCUT2D eigenvalue weighted by molar-refractivity contribution is -0.139. The van der Waals surface area contributed by atoms with Crippen LogP contribution in [0.4, 0.5) is 0 Å². The monoisotopic (exact) mass is 463 g/mol. The second-order valence-corrected chi connectivity index (χ2v) is 7.69. The first kappa shape index (κ1) is 22.9. The topological polar surface area (TPSA) is 93.3 Å². The standard InChI is InChI=1S/C22H23Cl2N3O4/c1-4-30-21(28)15-12(2)25-13(3)16(17(15)20-26-18(23)19(24)27-20)22(29)31-11-10-14-8-6-5-7-9-14/h5-9,17,25H,4,10-11H2,1-3H3,(H,26,27). The Morgan fingerprint density at radius 1 is 1.03 bits per heavy atom. The molecule has 0 saturated carbocycles. The summed E-state index contributed by atoms with van der Waals surface area (Å²) in [5.74, 6) is -1.74. The van der Waals surface area contributed by atoms with Gasteiger partial charge in [0.15, 0.2) is 5.15 Å². The molecule has 9 heteroatoms. The highest BCUT2D eigenvalue weighted by molar-refractivity contribution is 6.40. The SMILES string of the molecule is CCOC(=O)C1=C(C)NC(C)=C(C(=O)OCCc2ccccc2)C1c1nc(Cl)c(Cl)[nH]1. The first-order valence-corrected chi connectivity index (χ1v) is 10.6. The van der Waals surface area contributed by atoms with E-state index in [0.717, 1.165) is 5.56 Å². The predicted octanol–water partition coefficient (Wildman–Crippen LogP) is 4.30. The van der Waals surface area contributed by atoms with Gasteiger partial charge in [-0.05, 0) is 26.3 Å². The van der Waals surface area contributed by atoms with Crippen molar-refractivity contribution in [1.29, 1.82) is 0 Å². The molecule has 1 aliphatic heterocycles.